The van der Waals surface area contributed by atoms with Gasteiger partial charge in [0.05, 0.1) is 6.54 Å². The Labute approximate surface area is 150 Å². The first kappa shape index (κ1) is 19.2. The lowest BCUT2D eigenvalue weighted by Gasteiger charge is -2.32. The van der Waals surface area contributed by atoms with Crippen molar-refractivity contribution in [1.29, 1.82) is 0 Å². The predicted octanol–water partition coefficient (Wildman–Crippen LogP) is 1.72. The van der Waals surface area contributed by atoms with Crippen molar-refractivity contribution in [1.82, 2.24) is 15.5 Å². The average Bonchev–Trinajstić information content (AvgIpc) is 2.62. The molecule has 25 heavy (non-hydrogen) atoms. The number of rotatable bonds is 7. The highest BCUT2D eigenvalue weighted by molar-refractivity contribution is 5.92. The molecule has 0 saturated carbocycles. The van der Waals surface area contributed by atoms with Crippen molar-refractivity contribution in [3.63, 3.8) is 0 Å². The molecule has 0 radical (unpaired) electrons. The zero-order chi connectivity index (χ0) is 18.1. The Hall–Kier alpha value is -2.08. The molecule has 1 aliphatic heterocycles. The SMILES string of the molecule is CCCN1CCC(NC(=NCc2ccc(C(N)=O)cc2)NCC)CC1. The van der Waals surface area contributed by atoms with Crippen LogP contribution < -0.4 is 16.4 Å². The minimum absolute atomic E-state index is 0.403. The average molecular weight is 345 g/mol. The lowest BCUT2D eigenvalue weighted by Crippen LogP contribution is -2.48. The first-order chi connectivity index (χ1) is 12.1. The van der Waals surface area contributed by atoms with Gasteiger partial charge in [0.15, 0.2) is 5.96 Å². The van der Waals surface area contributed by atoms with Crippen LogP contribution in [0.2, 0.25) is 0 Å². The molecule has 0 atom stereocenters. The van der Waals surface area contributed by atoms with Crippen molar-refractivity contribution in [2.75, 3.05) is 26.2 Å². The summed E-state index contributed by atoms with van der Waals surface area (Å²) in [6, 6.07) is 7.77. The summed E-state index contributed by atoms with van der Waals surface area (Å²) in [5.41, 5.74) is 6.85. The van der Waals surface area contributed by atoms with Gasteiger partial charge in [-0.1, -0.05) is 19.1 Å². The zero-order valence-electron chi connectivity index (χ0n) is 15.4. The van der Waals surface area contributed by atoms with Crippen LogP contribution in [-0.2, 0) is 6.54 Å². The van der Waals surface area contributed by atoms with Crippen LogP contribution >= 0.6 is 0 Å². The van der Waals surface area contributed by atoms with Gasteiger partial charge in [0.25, 0.3) is 0 Å². The number of nitrogens with zero attached hydrogens (tertiary/aromatic N) is 2. The van der Waals surface area contributed by atoms with Gasteiger partial charge >= 0.3 is 0 Å². The number of carbonyl (C=O) groups excluding carboxylic acids is 1. The maximum atomic E-state index is 11.1. The van der Waals surface area contributed by atoms with Crippen molar-refractivity contribution < 1.29 is 4.79 Å². The van der Waals surface area contributed by atoms with Gasteiger partial charge in [0, 0.05) is 31.2 Å². The van der Waals surface area contributed by atoms with Crippen LogP contribution in [0.1, 0.15) is 49.0 Å². The van der Waals surface area contributed by atoms with Crippen LogP contribution in [0.5, 0.6) is 0 Å². The Kier molecular flexibility index (Phi) is 7.73. The molecule has 1 amide bonds. The smallest absolute Gasteiger partial charge is 0.248 e. The van der Waals surface area contributed by atoms with Crippen molar-refractivity contribution in [3.8, 4) is 0 Å². The zero-order valence-corrected chi connectivity index (χ0v) is 15.4. The maximum Gasteiger partial charge on any atom is 0.248 e. The molecule has 1 aliphatic rings. The fourth-order valence-corrected chi connectivity index (χ4v) is 3.08. The van der Waals surface area contributed by atoms with Crippen LogP contribution in [0.4, 0.5) is 0 Å². The number of likely N-dealkylation sites (tertiary alicyclic amines) is 1. The molecule has 0 bridgehead atoms. The number of nitrogens with one attached hydrogen (secondary N) is 2. The first-order valence-corrected chi connectivity index (χ1v) is 9.28. The molecular formula is C19H31N5O. The van der Waals surface area contributed by atoms with Gasteiger partial charge in [0.1, 0.15) is 0 Å². The molecule has 1 saturated heterocycles. The predicted molar refractivity (Wildman–Crippen MR) is 103 cm³/mol. The van der Waals surface area contributed by atoms with Crippen molar-refractivity contribution in [3.05, 3.63) is 35.4 Å². The van der Waals surface area contributed by atoms with Crippen LogP contribution in [-0.4, -0.2) is 49.0 Å². The number of hydrogen-bond donors (Lipinski definition) is 3. The second kappa shape index (κ2) is 10.0. The second-order valence-corrected chi connectivity index (χ2v) is 6.52. The Morgan fingerprint density at radius 3 is 2.48 bits per heavy atom. The standard InChI is InChI=1S/C19H31N5O/c1-3-11-24-12-9-17(10-13-24)23-19(21-4-2)22-14-15-5-7-16(8-6-15)18(20)25/h5-8,17H,3-4,9-14H2,1-2H3,(H2,20,25)(H2,21,22,23). The van der Waals surface area contributed by atoms with E-state index in [1.165, 1.54) is 13.0 Å². The van der Waals surface area contributed by atoms with E-state index in [4.69, 9.17) is 5.73 Å². The Morgan fingerprint density at radius 2 is 1.92 bits per heavy atom. The molecule has 6 nitrogen and oxygen atoms in total. The Morgan fingerprint density at radius 1 is 1.24 bits per heavy atom. The normalized spacial score (nSPS) is 16.6. The quantitative estimate of drug-likeness (QED) is 0.519. The number of primary amides is 1. The van der Waals surface area contributed by atoms with E-state index < -0.39 is 5.91 Å². The van der Waals surface area contributed by atoms with Crippen LogP contribution in [0.15, 0.2) is 29.3 Å². The minimum atomic E-state index is -0.403. The first-order valence-electron chi connectivity index (χ1n) is 9.28. The summed E-state index contributed by atoms with van der Waals surface area (Å²) in [6.45, 7) is 9.21. The number of amides is 1. The van der Waals surface area contributed by atoms with Crippen LogP contribution in [0.3, 0.4) is 0 Å². The minimum Gasteiger partial charge on any atom is -0.366 e. The van der Waals surface area contributed by atoms with E-state index >= 15 is 0 Å². The van der Waals surface area contributed by atoms with Crippen molar-refractivity contribution >= 4 is 11.9 Å². The molecule has 6 heteroatoms. The van der Waals surface area contributed by atoms with E-state index in [1.807, 2.05) is 12.1 Å². The molecule has 4 N–H and O–H groups in total. The molecule has 138 valence electrons. The second-order valence-electron chi connectivity index (χ2n) is 6.52. The van der Waals surface area contributed by atoms with E-state index in [0.29, 0.717) is 18.2 Å². The van der Waals surface area contributed by atoms with Gasteiger partial charge < -0.3 is 21.3 Å². The molecule has 1 aromatic rings. The summed E-state index contributed by atoms with van der Waals surface area (Å²) in [4.78, 5) is 18.3. The Balaban J connectivity index is 1.88. The molecule has 1 fully saturated rings. The van der Waals surface area contributed by atoms with Gasteiger partial charge in [0.2, 0.25) is 5.91 Å². The fourth-order valence-electron chi connectivity index (χ4n) is 3.08. The lowest BCUT2D eigenvalue weighted by atomic mass is 10.1. The van der Waals surface area contributed by atoms with Gasteiger partial charge in [-0.05, 0) is 50.4 Å². The summed E-state index contributed by atoms with van der Waals surface area (Å²) in [7, 11) is 0. The highest BCUT2D eigenvalue weighted by atomic mass is 16.1. The van der Waals surface area contributed by atoms with Gasteiger partial charge in [-0.3, -0.25) is 4.79 Å². The van der Waals surface area contributed by atoms with E-state index in [1.54, 1.807) is 12.1 Å². The summed E-state index contributed by atoms with van der Waals surface area (Å²) >= 11 is 0. The maximum absolute atomic E-state index is 11.1. The third-order valence-electron chi connectivity index (χ3n) is 4.47. The van der Waals surface area contributed by atoms with E-state index in [-0.39, 0.29) is 0 Å². The molecule has 0 spiro atoms. The summed E-state index contributed by atoms with van der Waals surface area (Å²) in [5, 5.41) is 6.87. The van der Waals surface area contributed by atoms with Crippen LogP contribution in [0, 0.1) is 0 Å². The molecule has 0 aromatic heterocycles. The fraction of sp³-hybridized carbons (Fsp3) is 0.579. The highest BCUT2D eigenvalue weighted by Crippen LogP contribution is 2.11. The number of guanidine groups is 1. The van der Waals surface area contributed by atoms with Crippen molar-refractivity contribution in [2.24, 2.45) is 10.7 Å². The van der Waals surface area contributed by atoms with Gasteiger partial charge in [-0.15, -0.1) is 0 Å². The molecular weight excluding hydrogens is 314 g/mol. The largest absolute Gasteiger partial charge is 0.366 e. The number of nitrogens with two attached hydrogens (primary N) is 1. The topological polar surface area (TPSA) is 82.8 Å². The summed E-state index contributed by atoms with van der Waals surface area (Å²) in [5.74, 6) is 0.454. The number of benzene rings is 1. The number of hydrogen-bond acceptors (Lipinski definition) is 3. The monoisotopic (exact) mass is 345 g/mol. The number of piperidine rings is 1. The number of carbonyl (C=O) groups is 1. The molecule has 1 heterocycles. The van der Waals surface area contributed by atoms with E-state index in [2.05, 4.69) is 34.4 Å². The summed E-state index contributed by atoms with van der Waals surface area (Å²) in [6.07, 6.45) is 3.52. The Bertz CT molecular complexity index is 562. The highest BCUT2D eigenvalue weighted by Gasteiger charge is 2.19. The lowest BCUT2D eigenvalue weighted by molar-refractivity contribution is 0.100. The van der Waals surface area contributed by atoms with Crippen molar-refractivity contribution in [2.45, 2.75) is 45.7 Å². The molecule has 1 aromatic carbocycles. The van der Waals surface area contributed by atoms with E-state index in [9.17, 15) is 4.79 Å². The van der Waals surface area contributed by atoms with Gasteiger partial charge in [-0.25, -0.2) is 4.99 Å². The van der Waals surface area contributed by atoms with Gasteiger partial charge in [-0.2, -0.15) is 0 Å². The number of aliphatic imine (C=N–C) groups is 1. The third-order valence-corrected chi connectivity index (χ3v) is 4.47. The molecule has 0 unspecified atom stereocenters. The van der Waals surface area contributed by atoms with E-state index in [0.717, 1.165) is 44.0 Å². The third kappa shape index (κ3) is 6.38. The molecule has 0 aliphatic carbocycles. The molecule has 2 rings (SSSR count). The van der Waals surface area contributed by atoms with Crippen LogP contribution in [0.25, 0.3) is 0 Å². The summed E-state index contributed by atoms with van der Waals surface area (Å²) < 4.78 is 0.